The fourth-order valence-corrected chi connectivity index (χ4v) is 3.27. The first-order valence-corrected chi connectivity index (χ1v) is 9.20. The Labute approximate surface area is 161 Å². The lowest BCUT2D eigenvalue weighted by molar-refractivity contribution is -0.124. The topological polar surface area (TPSA) is 56.8 Å². The van der Waals surface area contributed by atoms with Crippen LogP contribution in [-0.4, -0.2) is 25.2 Å². The van der Waals surface area contributed by atoms with Crippen LogP contribution in [0.15, 0.2) is 46.9 Å². The third kappa shape index (κ3) is 4.49. The molecule has 1 aliphatic heterocycles. The van der Waals surface area contributed by atoms with E-state index in [1.807, 2.05) is 56.3 Å². The molecule has 1 N–H and O–H groups in total. The molecule has 0 bridgehead atoms. The van der Waals surface area contributed by atoms with Crippen LogP contribution < -0.4 is 19.5 Å². The lowest BCUT2D eigenvalue weighted by atomic mass is 9.89. The Morgan fingerprint density at radius 3 is 2.62 bits per heavy atom. The lowest BCUT2D eigenvalue weighted by Crippen LogP contribution is -2.42. The quantitative estimate of drug-likeness (QED) is 0.786. The van der Waals surface area contributed by atoms with Gasteiger partial charge >= 0.3 is 0 Å². The van der Waals surface area contributed by atoms with Crippen LogP contribution in [-0.2, 0) is 4.79 Å². The van der Waals surface area contributed by atoms with Crippen LogP contribution >= 0.6 is 15.9 Å². The Morgan fingerprint density at radius 1 is 1.23 bits per heavy atom. The number of hydrogen-bond acceptors (Lipinski definition) is 4. The summed E-state index contributed by atoms with van der Waals surface area (Å²) in [6, 6.07) is 12.9. The number of ether oxygens (including phenoxy) is 3. The molecule has 2 aromatic rings. The van der Waals surface area contributed by atoms with Crippen LogP contribution in [0.1, 0.15) is 31.9 Å². The van der Waals surface area contributed by atoms with Crippen molar-refractivity contribution >= 4 is 21.8 Å². The number of rotatable bonds is 5. The summed E-state index contributed by atoms with van der Waals surface area (Å²) in [5.41, 5.74) is 0.561. The second-order valence-electron chi connectivity index (χ2n) is 6.83. The first kappa shape index (κ1) is 18.6. The maximum atomic E-state index is 12.4. The molecule has 26 heavy (non-hydrogen) atoms. The van der Waals surface area contributed by atoms with E-state index < -0.39 is 0 Å². The van der Waals surface area contributed by atoms with Crippen molar-refractivity contribution in [1.82, 2.24) is 5.32 Å². The number of carbonyl (C=O) groups excluding carboxylic acids is 1. The van der Waals surface area contributed by atoms with E-state index in [1.54, 1.807) is 7.11 Å². The molecule has 1 amide bonds. The zero-order valence-electron chi connectivity index (χ0n) is 15.0. The van der Waals surface area contributed by atoms with Gasteiger partial charge in [-0.25, -0.2) is 0 Å². The summed E-state index contributed by atoms with van der Waals surface area (Å²) in [4.78, 5) is 12.4. The number of hydrogen-bond donors (Lipinski definition) is 1. The summed E-state index contributed by atoms with van der Waals surface area (Å²) in [7, 11) is 1.62. The molecule has 2 aromatic carbocycles. The molecule has 1 atom stereocenters. The predicted molar refractivity (Wildman–Crippen MR) is 103 cm³/mol. The summed E-state index contributed by atoms with van der Waals surface area (Å²) in [5.74, 6) is 1.95. The Bertz CT molecular complexity index is 789. The SMILES string of the molecule is COc1ccc2c(c1)OC(C)(C)C[C@H]2NC(=O)COc1ccc(Br)cc1. The van der Waals surface area contributed by atoms with E-state index >= 15 is 0 Å². The van der Waals surface area contributed by atoms with E-state index in [1.165, 1.54) is 0 Å². The van der Waals surface area contributed by atoms with Crippen LogP contribution in [0.4, 0.5) is 0 Å². The number of methoxy groups -OCH3 is 1. The fraction of sp³-hybridized carbons (Fsp3) is 0.350. The highest BCUT2D eigenvalue weighted by molar-refractivity contribution is 9.10. The van der Waals surface area contributed by atoms with Crippen molar-refractivity contribution in [3.8, 4) is 17.2 Å². The van der Waals surface area contributed by atoms with Crippen LogP contribution in [0.25, 0.3) is 0 Å². The van der Waals surface area contributed by atoms with Crippen molar-refractivity contribution in [1.29, 1.82) is 0 Å². The second kappa shape index (κ2) is 7.58. The molecule has 5 nitrogen and oxygen atoms in total. The molecule has 0 aromatic heterocycles. The number of benzene rings is 2. The van der Waals surface area contributed by atoms with Gasteiger partial charge in [0, 0.05) is 22.5 Å². The highest BCUT2D eigenvalue weighted by Crippen LogP contribution is 2.41. The second-order valence-corrected chi connectivity index (χ2v) is 7.75. The molecule has 138 valence electrons. The van der Waals surface area contributed by atoms with E-state index in [0.29, 0.717) is 12.2 Å². The van der Waals surface area contributed by atoms with Crippen molar-refractivity contribution < 1.29 is 19.0 Å². The number of nitrogens with one attached hydrogen (secondary N) is 1. The maximum Gasteiger partial charge on any atom is 0.258 e. The van der Waals surface area contributed by atoms with Gasteiger partial charge in [0.15, 0.2) is 6.61 Å². The number of fused-ring (bicyclic) bond motifs is 1. The Morgan fingerprint density at radius 2 is 1.92 bits per heavy atom. The van der Waals surface area contributed by atoms with Gasteiger partial charge in [-0.15, -0.1) is 0 Å². The molecule has 1 aliphatic rings. The van der Waals surface area contributed by atoms with E-state index in [2.05, 4.69) is 21.2 Å². The highest BCUT2D eigenvalue weighted by atomic mass is 79.9. The number of halogens is 1. The number of carbonyl (C=O) groups is 1. The first-order chi connectivity index (χ1) is 12.4. The average Bonchev–Trinajstić information content (AvgIpc) is 2.59. The van der Waals surface area contributed by atoms with Crippen molar-refractivity contribution in [2.24, 2.45) is 0 Å². The van der Waals surface area contributed by atoms with E-state index in [9.17, 15) is 4.79 Å². The van der Waals surface area contributed by atoms with E-state index in [4.69, 9.17) is 14.2 Å². The maximum absolute atomic E-state index is 12.4. The summed E-state index contributed by atoms with van der Waals surface area (Å²) >= 11 is 3.37. The standard InChI is InChI=1S/C20H22BrNO4/c1-20(2)11-17(16-9-8-15(24-3)10-18(16)26-20)22-19(23)12-25-14-6-4-13(21)5-7-14/h4-10,17H,11-12H2,1-3H3,(H,22,23)/t17-/m1/s1. The van der Waals surface area contributed by atoms with Gasteiger partial charge in [0.05, 0.1) is 13.2 Å². The van der Waals surface area contributed by atoms with Gasteiger partial charge in [-0.05, 0) is 50.2 Å². The Balaban J connectivity index is 1.68. The Kier molecular flexibility index (Phi) is 5.41. The largest absolute Gasteiger partial charge is 0.497 e. The molecule has 0 spiro atoms. The molecule has 1 heterocycles. The number of amides is 1. The third-order valence-corrected chi connectivity index (χ3v) is 4.73. The average molecular weight is 420 g/mol. The normalized spacial score (nSPS) is 17.6. The minimum absolute atomic E-state index is 0.0368. The van der Waals surface area contributed by atoms with Crippen LogP contribution in [0.5, 0.6) is 17.2 Å². The zero-order chi connectivity index (χ0) is 18.7. The highest BCUT2D eigenvalue weighted by Gasteiger charge is 2.34. The molecule has 3 rings (SSSR count). The van der Waals surface area contributed by atoms with Crippen molar-refractivity contribution in [3.05, 3.63) is 52.5 Å². The van der Waals surface area contributed by atoms with Gasteiger partial charge in [-0.1, -0.05) is 15.9 Å². The molecule has 0 radical (unpaired) electrons. The van der Waals surface area contributed by atoms with Crippen LogP contribution in [0.2, 0.25) is 0 Å². The minimum atomic E-state index is -0.385. The van der Waals surface area contributed by atoms with Crippen molar-refractivity contribution in [2.45, 2.75) is 31.9 Å². The first-order valence-electron chi connectivity index (χ1n) is 8.41. The predicted octanol–water partition coefficient (Wildman–Crippen LogP) is 4.26. The van der Waals surface area contributed by atoms with Gasteiger partial charge in [0.1, 0.15) is 22.8 Å². The summed E-state index contributed by atoms with van der Waals surface area (Å²) in [6.07, 6.45) is 0.677. The monoisotopic (exact) mass is 419 g/mol. The van der Waals surface area contributed by atoms with Crippen LogP contribution in [0.3, 0.4) is 0 Å². The van der Waals surface area contributed by atoms with Crippen molar-refractivity contribution in [3.63, 3.8) is 0 Å². The summed E-state index contributed by atoms with van der Waals surface area (Å²) < 4.78 is 17.8. The van der Waals surface area contributed by atoms with Crippen LogP contribution in [0, 0.1) is 0 Å². The molecule has 6 heteroatoms. The van der Waals surface area contributed by atoms with Gasteiger partial charge in [-0.2, -0.15) is 0 Å². The van der Waals surface area contributed by atoms with E-state index in [-0.39, 0.29) is 24.2 Å². The third-order valence-electron chi connectivity index (χ3n) is 4.20. The van der Waals surface area contributed by atoms with Gasteiger partial charge in [0.25, 0.3) is 5.91 Å². The minimum Gasteiger partial charge on any atom is -0.497 e. The zero-order valence-corrected chi connectivity index (χ0v) is 16.6. The lowest BCUT2D eigenvalue weighted by Gasteiger charge is -2.38. The van der Waals surface area contributed by atoms with Gasteiger partial charge in [-0.3, -0.25) is 4.79 Å². The molecule has 0 aliphatic carbocycles. The molecule has 0 saturated carbocycles. The summed E-state index contributed by atoms with van der Waals surface area (Å²) in [5, 5.41) is 3.06. The molecular formula is C20H22BrNO4. The van der Waals surface area contributed by atoms with Gasteiger partial charge < -0.3 is 19.5 Å². The van der Waals surface area contributed by atoms with E-state index in [0.717, 1.165) is 21.5 Å². The molecular weight excluding hydrogens is 398 g/mol. The Hall–Kier alpha value is -2.21. The fourth-order valence-electron chi connectivity index (χ4n) is 3.00. The molecule has 0 fully saturated rings. The van der Waals surface area contributed by atoms with Crippen molar-refractivity contribution in [2.75, 3.05) is 13.7 Å². The molecule has 0 saturated heterocycles. The van der Waals surface area contributed by atoms with Gasteiger partial charge in [0.2, 0.25) is 0 Å². The smallest absolute Gasteiger partial charge is 0.258 e. The molecule has 0 unspecified atom stereocenters. The summed E-state index contributed by atoms with van der Waals surface area (Å²) in [6.45, 7) is 3.98.